The number of rotatable bonds is 5. The lowest BCUT2D eigenvalue weighted by Crippen LogP contribution is -2.42. The quantitative estimate of drug-likeness (QED) is 0.646. The van der Waals surface area contributed by atoms with Gasteiger partial charge in [-0.25, -0.2) is 0 Å². The molecule has 0 saturated carbocycles. The van der Waals surface area contributed by atoms with E-state index in [0.29, 0.717) is 11.5 Å². The number of guanidine groups is 1. The average Bonchev–Trinajstić information content (AvgIpc) is 2.45. The van der Waals surface area contributed by atoms with E-state index in [1.807, 2.05) is 0 Å². The topological polar surface area (TPSA) is 65.9 Å². The molecule has 1 heterocycles. The van der Waals surface area contributed by atoms with E-state index in [-0.39, 0.29) is 36.3 Å². The van der Waals surface area contributed by atoms with Crippen molar-refractivity contribution in [2.24, 2.45) is 4.99 Å². The fourth-order valence-corrected chi connectivity index (χ4v) is 1.86. The summed E-state index contributed by atoms with van der Waals surface area (Å²) in [4.78, 5) is 4.21. The van der Waals surface area contributed by atoms with Crippen LogP contribution in [0.3, 0.4) is 0 Å². The van der Waals surface area contributed by atoms with Crippen LogP contribution in [0.1, 0.15) is 18.1 Å². The number of ether oxygens (including phenoxy) is 1. The van der Waals surface area contributed by atoms with Crippen molar-refractivity contribution < 1.29 is 18.6 Å². The van der Waals surface area contributed by atoms with Crippen molar-refractivity contribution in [2.45, 2.75) is 19.1 Å². The highest BCUT2D eigenvalue weighted by Crippen LogP contribution is 2.20. The van der Waals surface area contributed by atoms with Crippen molar-refractivity contribution in [1.82, 2.24) is 10.6 Å². The van der Waals surface area contributed by atoms with E-state index >= 15 is 0 Å². The number of aliphatic imine (C=N–C) groups is 1. The van der Waals surface area contributed by atoms with Gasteiger partial charge in [0, 0.05) is 19.6 Å². The van der Waals surface area contributed by atoms with Crippen LogP contribution in [0.2, 0.25) is 0 Å². The van der Waals surface area contributed by atoms with Gasteiger partial charge in [0.05, 0.1) is 6.10 Å². The minimum absolute atomic E-state index is 0. The van der Waals surface area contributed by atoms with Crippen LogP contribution in [0.15, 0.2) is 29.3 Å². The first-order valence-corrected chi connectivity index (χ1v) is 6.40. The normalized spacial score (nSPS) is 15.5. The number of alkyl halides is 2. The van der Waals surface area contributed by atoms with E-state index < -0.39 is 12.7 Å². The van der Waals surface area contributed by atoms with Crippen LogP contribution >= 0.6 is 24.0 Å². The third kappa shape index (κ3) is 6.00. The molecule has 0 radical (unpaired) electrons. The number of benzene rings is 1. The van der Waals surface area contributed by atoms with Crippen LogP contribution in [0.5, 0.6) is 5.75 Å². The number of hydrogen-bond donors (Lipinski definition) is 3. The largest absolute Gasteiger partial charge is 0.435 e. The minimum atomic E-state index is -2.87. The van der Waals surface area contributed by atoms with Gasteiger partial charge in [0.15, 0.2) is 5.96 Å². The molecule has 5 nitrogen and oxygen atoms in total. The molecule has 3 N–H and O–H groups in total. The Morgan fingerprint density at radius 2 is 2.24 bits per heavy atom. The highest BCUT2D eigenvalue weighted by molar-refractivity contribution is 14.0. The zero-order valence-corrected chi connectivity index (χ0v) is 13.6. The lowest BCUT2D eigenvalue weighted by atomic mass is 10.1. The van der Waals surface area contributed by atoms with Crippen LogP contribution < -0.4 is 15.4 Å². The first-order chi connectivity index (χ1) is 9.65. The van der Waals surface area contributed by atoms with Gasteiger partial charge in [0.1, 0.15) is 5.75 Å². The van der Waals surface area contributed by atoms with E-state index in [1.165, 1.54) is 12.1 Å². The molecule has 0 aromatic heterocycles. The maximum Gasteiger partial charge on any atom is 0.387 e. The summed E-state index contributed by atoms with van der Waals surface area (Å²) in [7, 11) is 0. The SMILES string of the molecule is I.OC(CNC1=NCCCN1)c1cccc(OC(F)F)c1. The average molecular weight is 413 g/mol. The van der Waals surface area contributed by atoms with Crippen LogP contribution in [0.4, 0.5) is 8.78 Å². The molecule has 0 spiro atoms. The van der Waals surface area contributed by atoms with Crippen LogP contribution in [0, 0.1) is 0 Å². The Hall–Kier alpha value is -1.16. The molecule has 0 fully saturated rings. The van der Waals surface area contributed by atoms with Gasteiger partial charge in [0.2, 0.25) is 0 Å². The summed E-state index contributed by atoms with van der Waals surface area (Å²) in [5.41, 5.74) is 0.507. The Kier molecular flexibility index (Phi) is 7.65. The molecule has 1 unspecified atom stereocenters. The van der Waals surface area contributed by atoms with Gasteiger partial charge in [-0.1, -0.05) is 12.1 Å². The van der Waals surface area contributed by atoms with E-state index in [2.05, 4.69) is 20.4 Å². The van der Waals surface area contributed by atoms with E-state index in [1.54, 1.807) is 12.1 Å². The molecule has 1 aliphatic heterocycles. The zero-order valence-electron chi connectivity index (χ0n) is 11.3. The fraction of sp³-hybridized carbons (Fsp3) is 0.462. The summed E-state index contributed by atoms with van der Waals surface area (Å²) in [6, 6.07) is 6.03. The first kappa shape index (κ1) is 17.9. The molecule has 118 valence electrons. The minimum Gasteiger partial charge on any atom is -0.435 e. The Morgan fingerprint density at radius 3 is 2.90 bits per heavy atom. The lowest BCUT2D eigenvalue weighted by molar-refractivity contribution is -0.0499. The molecule has 1 aliphatic rings. The molecule has 0 bridgehead atoms. The van der Waals surface area contributed by atoms with E-state index in [9.17, 15) is 13.9 Å². The fourth-order valence-electron chi connectivity index (χ4n) is 1.86. The molecule has 1 aromatic carbocycles. The number of aliphatic hydroxyl groups excluding tert-OH is 1. The molecule has 21 heavy (non-hydrogen) atoms. The predicted molar refractivity (Wildman–Crippen MR) is 86.4 cm³/mol. The molecule has 1 atom stereocenters. The summed E-state index contributed by atoms with van der Waals surface area (Å²) in [6.07, 6.45) is 0.156. The summed E-state index contributed by atoms with van der Waals surface area (Å²) < 4.78 is 28.5. The molecule has 8 heteroatoms. The van der Waals surface area contributed by atoms with Crippen molar-refractivity contribution in [3.05, 3.63) is 29.8 Å². The number of nitrogens with one attached hydrogen (secondary N) is 2. The predicted octanol–water partition coefficient (Wildman–Crippen LogP) is 1.88. The van der Waals surface area contributed by atoms with Gasteiger partial charge < -0.3 is 20.5 Å². The number of nitrogens with zero attached hydrogens (tertiary/aromatic N) is 1. The van der Waals surface area contributed by atoms with E-state index in [4.69, 9.17) is 0 Å². The Labute approximate surface area is 138 Å². The number of halogens is 3. The van der Waals surface area contributed by atoms with Gasteiger partial charge in [-0.15, -0.1) is 24.0 Å². The third-order valence-corrected chi connectivity index (χ3v) is 2.83. The maximum atomic E-state index is 12.1. The Bertz CT molecular complexity index is 474. The van der Waals surface area contributed by atoms with Crippen molar-refractivity contribution in [3.8, 4) is 5.75 Å². The van der Waals surface area contributed by atoms with Gasteiger partial charge in [0.25, 0.3) is 0 Å². The second-order valence-electron chi connectivity index (χ2n) is 4.36. The highest BCUT2D eigenvalue weighted by atomic mass is 127. The van der Waals surface area contributed by atoms with Crippen molar-refractivity contribution in [1.29, 1.82) is 0 Å². The summed E-state index contributed by atoms with van der Waals surface area (Å²) in [6.45, 7) is -1.03. The van der Waals surface area contributed by atoms with Gasteiger partial charge in [-0.2, -0.15) is 8.78 Å². The van der Waals surface area contributed by atoms with Gasteiger partial charge >= 0.3 is 6.61 Å². The Balaban J connectivity index is 0.00000220. The Morgan fingerprint density at radius 1 is 1.43 bits per heavy atom. The molecule has 0 aliphatic carbocycles. The summed E-state index contributed by atoms with van der Waals surface area (Å²) >= 11 is 0. The third-order valence-electron chi connectivity index (χ3n) is 2.83. The monoisotopic (exact) mass is 413 g/mol. The number of hydrogen-bond acceptors (Lipinski definition) is 5. The smallest absolute Gasteiger partial charge is 0.387 e. The first-order valence-electron chi connectivity index (χ1n) is 6.40. The zero-order chi connectivity index (χ0) is 14.4. The molecule has 2 rings (SSSR count). The maximum absolute atomic E-state index is 12.1. The van der Waals surface area contributed by atoms with E-state index in [0.717, 1.165) is 19.5 Å². The second kappa shape index (κ2) is 8.98. The summed E-state index contributed by atoms with van der Waals surface area (Å²) in [5.74, 6) is 0.681. The van der Waals surface area contributed by atoms with Crippen molar-refractivity contribution in [2.75, 3.05) is 19.6 Å². The standard InChI is InChI=1S/C13H17F2N3O2.HI/c14-12(15)20-10-4-1-3-9(7-10)11(19)8-18-13-16-5-2-6-17-13;/h1,3-4,7,11-12,19H,2,5-6,8H2,(H2,16,17,18);1H. The van der Waals surface area contributed by atoms with Crippen molar-refractivity contribution >= 4 is 29.9 Å². The van der Waals surface area contributed by atoms with Gasteiger partial charge in [-0.3, -0.25) is 4.99 Å². The number of aliphatic hydroxyl groups is 1. The summed E-state index contributed by atoms with van der Waals surface area (Å²) in [5, 5.41) is 16.1. The highest BCUT2D eigenvalue weighted by Gasteiger charge is 2.12. The van der Waals surface area contributed by atoms with Gasteiger partial charge in [-0.05, 0) is 24.1 Å². The molecule has 1 aromatic rings. The van der Waals surface area contributed by atoms with Crippen LogP contribution in [0.25, 0.3) is 0 Å². The molecular formula is C13H18F2IN3O2. The molecule has 0 saturated heterocycles. The molecular weight excluding hydrogens is 395 g/mol. The molecule has 0 amide bonds. The van der Waals surface area contributed by atoms with Crippen LogP contribution in [-0.4, -0.2) is 37.3 Å². The van der Waals surface area contributed by atoms with Crippen molar-refractivity contribution in [3.63, 3.8) is 0 Å². The second-order valence-corrected chi connectivity index (χ2v) is 4.36. The van der Waals surface area contributed by atoms with Crippen LogP contribution in [-0.2, 0) is 0 Å². The lowest BCUT2D eigenvalue weighted by Gasteiger charge is -2.18.